The second-order valence-electron chi connectivity index (χ2n) is 8.01. The third kappa shape index (κ3) is 3.54. The molecule has 6 nitrogen and oxygen atoms in total. The first-order valence-electron chi connectivity index (χ1n) is 10.2. The Labute approximate surface area is 169 Å². The molecule has 0 amide bonds. The van der Waals surface area contributed by atoms with Crippen LogP contribution in [0, 0.1) is 0 Å². The van der Waals surface area contributed by atoms with Gasteiger partial charge in [-0.3, -0.25) is 0 Å². The number of aryl methyl sites for hydroxylation is 1. The van der Waals surface area contributed by atoms with Crippen molar-refractivity contribution in [1.82, 2.24) is 14.6 Å². The van der Waals surface area contributed by atoms with Gasteiger partial charge in [0.25, 0.3) is 0 Å². The molecule has 1 atom stereocenters. The van der Waals surface area contributed by atoms with Crippen LogP contribution >= 0.6 is 11.3 Å². The highest BCUT2D eigenvalue weighted by molar-refractivity contribution is 7.17. The standard InChI is InChI=1S/C21H28N4O2S/c1-4-17-22-21-25(23-17)20(27)19(28-21)18(24-11-9-16(26)10-12-24)15-7-5-14(6-8-15)13(2)3/h5-8,13,16,18,26-27H,4,9-12H2,1-3H3/p+1/t18-/m1/s1. The molecule has 0 aliphatic carbocycles. The summed E-state index contributed by atoms with van der Waals surface area (Å²) in [5.74, 6) is 1.43. The number of hydrogen-bond donors (Lipinski definition) is 3. The summed E-state index contributed by atoms with van der Waals surface area (Å²) in [6.07, 6.45) is 2.11. The van der Waals surface area contributed by atoms with E-state index < -0.39 is 0 Å². The maximum Gasteiger partial charge on any atom is 0.235 e. The predicted octanol–water partition coefficient (Wildman–Crippen LogP) is 2.31. The SMILES string of the molecule is CCc1nc2sc([C@@H](c3ccc(C(C)C)cc3)[NH+]3CCC(O)CC3)c(O)n2n1. The number of benzene rings is 1. The first-order chi connectivity index (χ1) is 13.5. The number of thiazole rings is 1. The van der Waals surface area contributed by atoms with Crippen LogP contribution in [0.3, 0.4) is 0 Å². The molecule has 7 heteroatoms. The lowest BCUT2D eigenvalue weighted by molar-refractivity contribution is -0.931. The number of aliphatic hydroxyl groups excluding tert-OH is 1. The lowest BCUT2D eigenvalue weighted by Gasteiger charge is -2.33. The van der Waals surface area contributed by atoms with E-state index in [2.05, 4.69) is 48.2 Å². The largest absolute Gasteiger partial charge is 0.492 e. The number of likely N-dealkylation sites (tertiary alicyclic amines) is 1. The molecule has 3 heterocycles. The summed E-state index contributed by atoms with van der Waals surface area (Å²) >= 11 is 1.52. The highest BCUT2D eigenvalue weighted by Gasteiger charge is 2.35. The second kappa shape index (κ2) is 7.81. The molecule has 1 saturated heterocycles. The van der Waals surface area contributed by atoms with E-state index in [0.29, 0.717) is 5.92 Å². The highest BCUT2D eigenvalue weighted by atomic mass is 32.1. The Morgan fingerprint density at radius 1 is 1.18 bits per heavy atom. The average Bonchev–Trinajstić information content (AvgIpc) is 3.23. The van der Waals surface area contributed by atoms with Gasteiger partial charge in [0.2, 0.25) is 10.8 Å². The van der Waals surface area contributed by atoms with Crippen molar-refractivity contribution in [3.63, 3.8) is 0 Å². The zero-order valence-corrected chi connectivity index (χ0v) is 17.5. The highest BCUT2D eigenvalue weighted by Crippen LogP contribution is 2.35. The molecular formula is C21H29N4O2S+. The Balaban J connectivity index is 1.76. The molecule has 0 radical (unpaired) electrons. The van der Waals surface area contributed by atoms with Crippen LogP contribution in [0.5, 0.6) is 5.88 Å². The van der Waals surface area contributed by atoms with Crippen LogP contribution in [0.15, 0.2) is 24.3 Å². The minimum atomic E-state index is -0.212. The monoisotopic (exact) mass is 401 g/mol. The minimum absolute atomic E-state index is 0.0206. The third-order valence-corrected chi connectivity index (χ3v) is 6.85. The van der Waals surface area contributed by atoms with Gasteiger partial charge in [0.05, 0.1) is 19.2 Å². The van der Waals surface area contributed by atoms with Crippen LogP contribution in [-0.4, -0.2) is 44.0 Å². The maximum atomic E-state index is 11.0. The van der Waals surface area contributed by atoms with Gasteiger partial charge in [-0.2, -0.15) is 4.52 Å². The molecule has 1 fully saturated rings. The predicted molar refractivity (Wildman–Crippen MR) is 110 cm³/mol. The number of piperidine rings is 1. The summed E-state index contributed by atoms with van der Waals surface area (Å²) in [5.41, 5.74) is 2.50. The van der Waals surface area contributed by atoms with E-state index >= 15 is 0 Å². The van der Waals surface area contributed by atoms with Crippen molar-refractivity contribution < 1.29 is 15.1 Å². The fraction of sp³-hybridized carbons (Fsp3) is 0.524. The van der Waals surface area contributed by atoms with Crippen LogP contribution in [0.1, 0.15) is 67.4 Å². The molecule has 0 unspecified atom stereocenters. The van der Waals surface area contributed by atoms with Crippen LogP contribution in [-0.2, 0) is 6.42 Å². The van der Waals surface area contributed by atoms with Gasteiger partial charge in [0.15, 0.2) is 11.9 Å². The van der Waals surface area contributed by atoms with Gasteiger partial charge in [-0.1, -0.05) is 56.4 Å². The number of aliphatic hydroxyl groups is 1. The van der Waals surface area contributed by atoms with Gasteiger partial charge in [0.1, 0.15) is 4.88 Å². The molecule has 150 valence electrons. The van der Waals surface area contributed by atoms with Crippen LogP contribution in [0.25, 0.3) is 4.96 Å². The Morgan fingerprint density at radius 3 is 2.39 bits per heavy atom. The van der Waals surface area contributed by atoms with Crippen molar-refractivity contribution in [3.8, 4) is 5.88 Å². The number of nitrogens with one attached hydrogen (secondary N) is 1. The van der Waals surface area contributed by atoms with Gasteiger partial charge in [0, 0.05) is 24.8 Å². The molecule has 1 aliphatic rings. The lowest BCUT2D eigenvalue weighted by Crippen LogP contribution is -3.13. The molecule has 1 aliphatic heterocycles. The summed E-state index contributed by atoms with van der Waals surface area (Å²) < 4.78 is 1.58. The molecule has 4 rings (SSSR count). The normalized spacial score (nSPS) is 21.5. The quantitative estimate of drug-likeness (QED) is 0.613. The molecular weight excluding hydrogens is 372 g/mol. The first kappa shape index (κ1) is 19.4. The number of fused-ring (bicyclic) bond motifs is 1. The smallest absolute Gasteiger partial charge is 0.235 e. The topological polar surface area (TPSA) is 75.1 Å². The molecule has 2 aromatic heterocycles. The summed E-state index contributed by atoms with van der Waals surface area (Å²) in [5, 5.41) is 25.4. The molecule has 1 aromatic carbocycles. The fourth-order valence-corrected chi connectivity index (χ4v) is 5.20. The van der Waals surface area contributed by atoms with Crippen molar-refractivity contribution in [2.75, 3.05) is 13.1 Å². The van der Waals surface area contributed by atoms with E-state index in [9.17, 15) is 10.2 Å². The Hall–Kier alpha value is -1.96. The maximum absolute atomic E-state index is 11.0. The van der Waals surface area contributed by atoms with Gasteiger partial charge in [-0.25, -0.2) is 4.98 Å². The summed E-state index contributed by atoms with van der Waals surface area (Å²) in [6, 6.07) is 8.77. The lowest BCUT2D eigenvalue weighted by atomic mass is 9.96. The molecule has 0 bridgehead atoms. The first-order valence-corrected chi connectivity index (χ1v) is 11.0. The Bertz CT molecular complexity index is 939. The molecule has 0 saturated carbocycles. The van der Waals surface area contributed by atoms with E-state index in [4.69, 9.17) is 0 Å². The van der Waals surface area contributed by atoms with Crippen LogP contribution < -0.4 is 4.90 Å². The number of nitrogens with zero attached hydrogens (tertiary/aromatic N) is 3. The summed E-state index contributed by atoms with van der Waals surface area (Å²) in [7, 11) is 0. The van der Waals surface area contributed by atoms with E-state index in [1.165, 1.54) is 27.4 Å². The summed E-state index contributed by atoms with van der Waals surface area (Å²) in [6.45, 7) is 8.16. The van der Waals surface area contributed by atoms with Crippen molar-refractivity contribution >= 4 is 16.3 Å². The van der Waals surface area contributed by atoms with Crippen LogP contribution in [0.4, 0.5) is 0 Å². The van der Waals surface area contributed by atoms with Gasteiger partial charge in [-0.15, -0.1) is 5.10 Å². The van der Waals surface area contributed by atoms with Gasteiger partial charge >= 0.3 is 0 Å². The number of rotatable bonds is 5. The van der Waals surface area contributed by atoms with Crippen LogP contribution in [0.2, 0.25) is 0 Å². The Morgan fingerprint density at radius 2 is 1.82 bits per heavy atom. The number of aromatic nitrogens is 3. The second-order valence-corrected chi connectivity index (χ2v) is 9.02. The molecule has 28 heavy (non-hydrogen) atoms. The number of quaternary nitrogens is 1. The van der Waals surface area contributed by atoms with E-state index in [-0.39, 0.29) is 18.0 Å². The Kier molecular flexibility index (Phi) is 5.40. The average molecular weight is 402 g/mol. The molecule has 3 N–H and O–H groups in total. The van der Waals surface area contributed by atoms with Gasteiger partial charge in [-0.05, 0) is 11.5 Å². The van der Waals surface area contributed by atoms with E-state index in [0.717, 1.165) is 48.0 Å². The number of hydrogen-bond acceptors (Lipinski definition) is 5. The van der Waals surface area contributed by atoms with Crippen molar-refractivity contribution in [2.24, 2.45) is 0 Å². The van der Waals surface area contributed by atoms with Crippen molar-refractivity contribution in [3.05, 3.63) is 46.1 Å². The molecule has 0 spiro atoms. The van der Waals surface area contributed by atoms with Gasteiger partial charge < -0.3 is 15.1 Å². The van der Waals surface area contributed by atoms with E-state index in [1.54, 1.807) is 4.52 Å². The van der Waals surface area contributed by atoms with Crippen molar-refractivity contribution in [2.45, 2.75) is 58.1 Å². The molecule has 3 aromatic rings. The number of aromatic hydroxyl groups is 1. The van der Waals surface area contributed by atoms with Crippen molar-refractivity contribution in [1.29, 1.82) is 0 Å². The summed E-state index contributed by atoms with van der Waals surface area (Å²) in [4.78, 5) is 7.56. The fourth-order valence-electron chi connectivity index (χ4n) is 4.04. The third-order valence-electron chi connectivity index (χ3n) is 5.76. The zero-order valence-electron chi connectivity index (χ0n) is 16.7. The minimum Gasteiger partial charge on any atom is -0.492 e. The van der Waals surface area contributed by atoms with E-state index in [1.807, 2.05) is 6.92 Å². The zero-order chi connectivity index (χ0) is 19.8.